The lowest BCUT2D eigenvalue weighted by molar-refractivity contribution is 0.0963. The number of sulfonamides is 1. The van der Waals surface area contributed by atoms with E-state index in [1.54, 1.807) is 31.2 Å². The van der Waals surface area contributed by atoms with Crippen LogP contribution in [0, 0.1) is 13.8 Å². The van der Waals surface area contributed by atoms with Gasteiger partial charge in [-0.3, -0.25) is 9.52 Å². The number of hydrogen-bond acceptors (Lipinski definition) is 3. The molecule has 6 heteroatoms. The third kappa shape index (κ3) is 3.28. The number of anilines is 1. The molecule has 0 atom stereocenters. The molecule has 0 aliphatic carbocycles. The van der Waals surface area contributed by atoms with Gasteiger partial charge in [0.25, 0.3) is 15.9 Å². The van der Waals surface area contributed by atoms with E-state index in [-0.39, 0.29) is 10.8 Å². The second kappa shape index (κ2) is 6.19. The van der Waals surface area contributed by atoms with Gasteiger partial charge in [-0.25, -0.2) is 8.42 Å². The van der Waals surface area contributed by atoms with Gasteiger partial charge in [0.05, 0.1) is 10.6 Å². The highest BCUT2D eigenvalue weighted by molar-refractivity contribution is 7.92. The van der Waals surface area contributed by atoms with Crippen molar-refractivity contribution >= 4 is 21.6 Å². The van der Waals surface area contributed by atoms with Crippen LogP contribution in [0.5, 0.6) is 0 Å². The van der Waals surface area contributed by atoms with Crippen LogP contribution in [-0.4, -0.2) is 21.4 Å². The zero-order chi connectivity index (χ0) is 16.3. The lowest BCUT2D eigenvalue weighted by atomic mass is 10.1. The summed E-state index contributed by atoms with van der Waals surface area (Å²) in [5, 5.41) is 2.48. The Morgan fingerprint density at radius 1 is 1.00 bits per heavy atom. The van der Waals surface area contributed by atoms with Gasteiger partial charge in [0.2, 0.25) is 0 Å². The second-order valence-electron chi connectivity index (χ2n) is 4.98. The summed E-state index contributed by atoms with van der Waals surface area (Å²) in [6.07, 6.45) is 0. The molecule has 0 radical (unpaired) electrons. The van der Waals surface area contributed by atoms with Crippen molar-refractivity contribution in [3.05, 3.63) is 59.2 Å². The molecule has 0 unspecified atom stereocenters. The van der Waals surface area contributed by atoms with Crippen LogP contribution in [0.2, 0.25) is 0 Å². The SMILES string of the molecule is CNC(=O)c1ccc(C)c(S(=O)(=O)Nc2ccccc2C)c1. The van der Waals surface area contributed by atoms with Gasteiger partial charge in [0.1, 0.15) is 0 Å². The normalized spacial score (nSPS) is 11.0. The molecule has 0 heterocycles. The standard InChI is InChI=1S/C16H18N2O3S/c1-11-6-4-5-7-14(11)18-22(20,21)15-10-13(16(19)17-3)9-8-12(15)2/h4-10,18H,1-3H3,(H,17,19). The Labute approximate surface area is 130 Å². The molecule has 0 aliphatic rings. The van der Waals surface area contributed by atoms with Crippen LogP contribution in [-0.2, 0) is 10.0 Å². The highest BCUT2D eigenvalue weighted by atomic mass is 32.2. The number of hydrogen-bond donors (Lipinski definition) is 2. The lowest BCUT2D eigenvalue weighted by Gasteiger charge is -2.13. The number of carbonyl (C=O) groups is 1. The highest BCUT2D eigenvalue weighted by Gasteiger charge is 2.19. The molecule has 2 rings (SSSR count). The summed E-state index contributed by atoms with van der Waals surface area (Å²) in [6.45, 7) is 3.52. The van der Waals surface area contributed by atoms with E-state index < -0.39 is 10.0 Å². The predicted molar refractivity (Wildman–Crippen MR) is 86.6 cm³/mol. The highest BCUT2D eigenvalue weighted by Crippen LogP contribution is 2.22. The van der Waals surface area contributed by atoms with Gasteiger partial charge in [0, 0.05) is 12.6 Å². The Kier molecular flexibility index (Phi) is 4.51. The van der Waals surface area contributed by atoms with E-state index in [0.717, 1.165) is 5.56 Å². The Hall–Kier alpha value is -2.34. The zero-order valence-electron chi connectivity index (χ0n) is 12.7. The molecule has 0 bridgehead atoms. The van der Waals surface area contributed by atoms with Crippen LogP contribution in [0.3, 0.4) is 0 Å². The first kappa shape index (κ1) is 16.0. The number of aryl methyl sites for hydroxylation is 2. The maximum Gasteiger partial charge on any atom is 0.262 e. The van der Waals surface area contributed by atoms with Gasteiger partial charge in [-0.1, -0.05) is 24.3 Å². The first-order valence-electron chi connectivity index (χ1n) is 6.76. The lowest BCUT2D eigenvalue weighted by Crippen LogP contribution is -2.20. The monoisotopic (exact) mass is 318 g/mol. The Morgan fingerprint density at radius 3 is 2.32 bits per heavy atom. The van der Waals surface area contributed by atoms with Crippen molar-refractivity contribution < 1.29 is 13.2 Å². The molecule has 2 aromatic rings. The summed E-state index contributed by atoms with van der Waals surface area (Å²) in [5.74, 6) is -0.327. The summed E-state index contributed by atoms with van der Waals surface area (Å²) >= 11 is 0. The molecule has 0 spiro atoms. The third-order valence-corrected chi connectivity index (χ3v) is 4.86. The molecule has 1 amide bonds. The molecule has 0 saturated heterocycles. The topological polar surface area (TPSA) is 75.3 Å². The van der Waals surface area contributed by atoms with Crippen molar-refractivity contribution in [3.8, 4) is 0 Å². The number of carbonyl (C=O) groups excluding carboxylic acids is 1. The van der Waals surface area contributed by atoms with E-state index in [4.69, 9.17) is 0 Å². The van der Waals surface area contributed by atoms with Crippen LogP contribution in [0.1, 0.15) is 21.5 Å². The minimum Gasteiger partial charge on any atom is -0.355 e. The Balaban J connectivity index is 2.45. The molecular formula is C16H18N2O3S. The molecular weight excluding hydrogens is 300 g/mol. The molecule has 0 fully saturated rings. The number of nitrogens with one attached hydrogen (secondary N) is 2. The van der Waals surface area contributed by atoms with Crippen molar-refractivity contribution in [2.45, 2.75) is 18.7 Å². The third-order valence-electron chi connectivity index (χ3n) is 3.36. The van der Waals surface area contributed by atoms with E-state index in [2.05, 4.69) is 10.0 Å². The first-order chi connectivity index (χ1) is 10.3. The summed E-state index contributed by atoms with van der Waals surface area (Å²) in [6, 6.07) is 11.7. The fraction of sp³-hybridized carbons (Fsp3) is 0.188. The summed E-state index contributed by atoms with van der Waals surface area (Å²) < 4.78 is 27.8. The van der Waals surface area contributed by atoms with Gasteiger partial charge in [-0.05, 0) is 43.2 Å². The van der Waals surface area contributed by atoms with Crippen molar-refractivity contribution in [2.24, 2.45) is 0 Å². The van der Waals surface area contributed by atoms with E-state index >= 15 is 0 Å². The fourth-order valence-corrected chi connectivity index (χ4v) is 3.46. The van der Waals surface area contributed by atoms with Crippen LogP contribution >= 0.6 is 0 Å². The molecule has 5 nitrogen and oxygen atoms in total. The average molecular weight is 318 g/mol. The molecule has 0 aromatic heterocycles. The van der Waals surface area contributed by atoms with E-state index in [1.807, 2.05) is 19.1 Å². The van der Waals surface area contributed by atoms with Crippen LogP contribution < -0.4 is 10.0 Å². The van der Waals surface area contributed by atoms with Gasteiger partial charge in [-0.15, -0.1) is 0 Å². The van der Waals surface area contributed by atoms with Gasteiger partial charge in [-0.2, -0.15) is 0 Å². The Morgan fingerprint density at radius 2 is 1.68 bits per heavy atom. The molecule has 2 aromatic carbocycles. The van der Waals surface area contributed by atoms with Crippen LogP contribution in [0.15, 0.2) is 47.4 Å². The first-order valence-corrected chi connectivity index (χ1v) is 8.24. The minimum atomic E-state index is -3.76. The minimum absolute atomic E-state index is 0.0943. The second-order valence-corrected chi connectivity index (χ2v) is 6.63. The van der Waals surface area contributed by atoms with Gasteiger partial charge >= 0.3 is 0 Å². The smallest absolute Gasteiger partial charge is 0.262 e. The quantitative estimate of drug-likeness (QED) is 0.909. The maximum absolute atomic E-state index is 12.6. The zero-order valence-corrected chi connectivity index (χ0v) is 13.5. The van der Waals surface area contributed by atoms with E-state index in [9.17, 15) is 13.2 Å². The van der Waals surface area contributed by atoms with Crippen LogP contribution in [0.25, 0.3) is 0 Å². The molecule has 0 aliphatic heterocycles. The summed E-state index contributed by atoms with van der Waals surface area (Å²) in [7, 11) is -2.26. The van der Waals surface area contributed by atoms with Crippen molar-refractivity contribution in [1.82, 2.24) is 5.32 Å². The largest absolute Gasteiger partial charge is 0.355 e. The van der Waals surface area contributed by atoms with Crippen molar-refractivity contribution in [1.29, 1.82) is 0 Å². The molecule has 116 valence electrons. The van der Waals surface area contributed by atoms with Crippen molar-refractivity contribution in [3.63, 3.8) is 0 Å². The molecule has 22 heavy (non-hydrogen) atoms. The average Bonchev–Trinajstić information content (AvgIpc) is 2.49. The summed E-state index contributed by atoms with van der Waals surface area (Å²) in [5.41, 5.74) is 2.23. The predicted octanol–water partition coefficient (Wildman–Crippen LogP) is 2.46. The molecule has 2 N–H and O–H groups in total. The van der Waals surface area contributed by atoms with E-state index in [0.29, 0.717) is 16.8 Å². The number of benzene rings is 2. The number of para-hydroxylation sites is 1. The van der Waals surface area contributed by atoms with E-state index in [1.165, 1.54) is 13.1 Å². The number of amides is 1. The Bertz CT molecular complexity index is 814. The van der Waals surface area contributed by atoms with Gasteiger partial charge < -0.3 is 5.32 Å². The fourth-order valence-electron chi connectivity index (χ4n) is 2.06. The molecule has 0 saturated carbocycles. The maximum atomic E-state index is 12.6. The van der Waals surface area contributed by atoms with Crippen molar-refractivity contribution in [2.75, 3.05) is 11.8 Å². The van der Waals surface area contributed by atoms with Crippen LogP contribution in [0.4, 0.5) is 5.69 Å². The summed E-state index contributed by atoms with van der Waals surface area (Å²) in [4.78, 5) is 11.8. The number of rotatable bonds is 4. The van der Waals surface area contributed by atoms with Gasteiger partial charge in [0.15, 0.2) is 0 Å².